The summed E-state index contributed by atoms with van der Waals surface area (Å²) < 4.78 is 18.2. The molecule has 90 valence electrons. The van der Waals surface area contributed by atoms with Crippen molar-refractivity contribution in [1.82, 2.24) is 15.0 Å². The van der Waals surface area contributed by atoms with E-state index in [9.17, 15) is 9.18 Å². The Balaban J connectivity index is 2.85. The maximum atomic E-state index is 12.0. The number of alkyl halides is 2. The molecule has 0 atom stereocenters. The highest BCUT2D eigenvalue weighted by atomic mass is 35.5. The zero-order valence-electron chi connectivity index (χ0n) is 8.95. The Morgan fingerprint density at radius 1 is 1.62 bits per heavy atom. The summed E-state index contributed by atoms with van der Waals surface area (Å²) in [6.45, 7) is 1.87. The van der Waals surface area contributed by atoms with E-state index in [1.54, 1.807) is 6.92 Å². The molecule has 1 rings (SSSR count). The lowest BCUT2D eigenvalue weighted by molar-refractivity contribution is 0.0518. The zero-order chi connectivity index (χ0) is 12.0. The van der Waals surface area contributed by atoms with E-state index in [1.165, 1.54) is 4.68 Å². The van der Waals surface area contributed by atoms with Crippen molar-refractivity contribution in [3.8, 4) is 0 Å². The topological polar surface area (TPSA) is 57.0 Å². The quantitative estimate of drug-likeness (QED) is 0.567. The highest BCUT2D eigenvalue weighted by Gasteiger charge is 2.19. The Kier molecular flexibility index (Phi) is 5.18. The summed E-state index contributed by atoms with van der Waals surface area (Å²) in [5.41, 5.74) is 0.573. The minimum Gasteiger partial charge on any atom is -0.461 e. The highest BCUT2D eigenvalue weighted by molar-refractivity contribution is 6.17. The third-order valence-electron chi connectivity index (χ3n) is 1.94. The number of rotatable bonds is 6. The Morgan fingerprint density at radius 2 is 2.38 bits per heavy atom. The summed E-state index contributed by atoms with van der Waals surface area (Å²) >= 11 is 5.70. The molecule has 1 aromatic rings. The van der Waals surface area contributed by atoms with Crippen LogP contribution in [0, 0.1) is 0 Å². The second kappa shape index (κ2) is 6.42. The Bertz CT molecular complexity index is 357. The predicted octanol–water partition coefficient (Wildman–Crippen LogP) is 1.55. The van der Waals surface area contributed by atoms with Crippen LogP contribution in [0.2, 0.25) is 0 Å². The summed E-state index contributed by atoms with van der Waals surface area (Å²) in [4.78, 5) is 11.4. The summed E-state index contributed by atoms with van der Waals surface area (Å²) in [6.07, 6.45) is 0.315. The van der Waals surface area contributed by atoms with Crippen LogP contribution in [-0.4, -0.2) is 34.2 Å². The van der Waals surface area contributed by atoms with E-state index in [1.807, 2.05) is 0 Å². The molecule has 0 saturated carbocycles. The molecule has 0 aliphatic heterocycles. The average molecular weight is 250 g/mol. The SMILES string of the molecule is CCOC(=O)c1nnn(CCCF)c1CCl. The highest BCUT2D eigenvalue weighted by Crippen LogP contribution is 2.11. The molecule has 5 nitrogen and oxygen atoms in total. The second-order valence-electron chi connectivity index (χ2n) is 3.00. The number of carbonyl (C=O) groups is 1. The molecule has 16 heavy (non-hydrogen) atoms. The van der Waals surface area contributed by atoms with Crippen molar-refractivity contribution in [1.29, 1.82) is 0 Å². The molecule has 0 spiro atoms. The summed E-state index contributed by atoms with van der Waals surface area (Å²) in [5, 5.41) is 7.43. The van der Waals surface area contributed by atoms with Gasteiger partial charge in [-0.25, -0.2) is 9.48 Å². The van der Waals surface area contributed by atoms with Gasteiger partial charge in [-0.15, -0.1) is 16.7 Å². The van der Waals surface area contributed by atoms with Crippen molar-refractivity contribution >= 4 is 17.6 Å². The lowest BCUT2D eigenvalue weighted by Gasteiger charge is -2.03. The Hall–Kier alpha value is -1.17. The predicted molar refractivity (Wildman–Crippen MR) is 56.1 cm³/mol. The minimum atomic E-state index is -0.551. The Labute approximate surface area is 97.5 Å². The fraction of sp³-hybridized carbons (Fsp3) is 0.667. The molecule has 0 aliphatic carbocycles. The van der Waals surface area contributed by atoms with E-state index in [4.69, 9.17) is 16.3 Å². The Morgan fingerprint density at radius 3 is 2.94 bits per heavy atom. The molecule has 0 fully saturated rings. The number of nitrogens with zero attached hydrogens (tertiary/aromatic N) is 3. The van der Waals surface area contributed by atoms with Crippen LogP contribution in [0.3, 0.4) is 0 Å². The van der Waals surface area contributed by atoms with Crippen LogP contribution in [0.5, 0.6) is 0 Å². The van der Waals surface area contributed by atoms with Gasteiger partial charge < -0.3 is 4.74 Å². The van der Waals surface area contributed by atoms with Gasteiger partial charge in [-0.05, 0) is 13.3 Å². The van der Waals surface area contributed by atoms with Crippen molar-refractivity contribution in [3.05, 3.63) is 11.4 Å². The smallest absolute Gasteiger partial charge is 0.360 e. The zero-order valence-corrected chi connectivity index (χ0v) is 9.71. The molecular formula is C9H13ClFN3O2. The summed E-state index contributed by atoms with van der Waals surface area (Å²) in [6, 6.07) is 0. The van der Waals surface area contributed by atoms with E-state index in [0.717, 1.165) is 0 Å². The fourth-order valence-corrected chi connectivity index (χ4v) is 1.48. The first-order valence-electron chi connectivity index (χ1n) is 4.96. The molecule has 7 heteroatoms. The average Bonchev–Trinajstić information content (AvgIpc) is 2.69. The largest absolute Gasteiger partial charge is 0.461 e. The van der Waals surface area contributed by atoms with Crippen LogP contribution in [-0.2, 0) is 17.2 Å². The van der Waals surface area contributed by atoms with Crippen LogP contribution >= 0.6 is 11.6 Å². The van der Waals surface area contributed by atoms with Crippen LogP contribution in [0.4, 0.5) is 4.39 Å². The van der Waals surface area contributed by atoms with Gasteiger partial charge in [0.2, 0.25) is 0 Å². The van der Waals surface area contributed by atoms with E-state index >= 15 is 0 Å². The third kappa shape index (κ3) is 2.91. The first-order valence-corrected chi connectivity index (χ1v) is 5.49. The fourth-order valence-electron chi connectivity index (χ4n) is 1.21. The number of hydrogen-bond acceptors (Lipinski definition) is 4. The normalized spacial score (nSPS) is 10.4. The molecule has 1 aromatic heterocycles. The molecule has 0 aliphatic rings. The number of halogens is 2. The number of aryl methyl sites for hydroxylation is 1. The second-order valence-corrected chi connectivity index (χ2v) is 3.27. The lowest BCUT2D eigenvalue weighted by atomic mass is 10.3. The number of carbonyl (C=O) groups excluding carboxylic acids is 1. The van der Waals surface area contributed by atoms with Gasteiger partial charge in [-0.3, -0.25) is 4.39 Å². The van der Waals surface area contributed by atoms with Crippen molar-refractivity contribution < 1.29 is 13.9 Å². The van der Waals surface area contributed by atoms with E-state index < -0.39 is 12.6 Å². The van der Waals surface area contributed by atoms with Gasteiger partial charge in [0.05, 0.1) is 24.9 Å². The molecule has 0 saturated heterocycles. The van der Waals surface area contributed by atoms with Gasteiger partial charge in [0.1, 0.15) is 0 Å². The maximum Gasteiger partial charge on any atom is 0.360 e. The van der Waals surface area contributed by atoms with Crippen molar-refractivity contribution in [3.63, 3.8) is 0 Å². The number of esters is 1. The standard InChI is InChI=1S/C9H13ClFN3O2/c1-2-16-9(15)8-7(6-10)14(13-12-8)5-3-4-11/h2-6H2,1H3. The lowest BCUT2D eigenvalue weighted by Crippen LogP contribution is -2.10. The number of ether oxygens (including phenoxy) is 1. The van der Waals surface area contributed by atoms with Gasteiger partial charge in [0.25, 0.3) is 0 Å². The first kappa shape index (κ1) is 12.9. The van der Waals surface area contributed by atoms with Crippen molar-refractivity contribution in [2.24, 2.45) is 0 Å². The van der Waals surface area contributed by atoms with Crippen LogP contribution in [0.15, 0.2) is 0 Å². The van der Waals surface area contributed by atoms with E-state index in [2.05, 4.69) is 10.3 Å². The van der Waals surface area contributed by atoms with Gasteiger partial charge >= 0.3 is 5.97 Å². The molecule has 0 unspecified atom stereocenters. The first-order chi connectivity index (χ1) is 7.74. The molecule has 0 bridgehead atoms. The van der Waals surface area contributed by atoms with Crippen LogP contribution in [0.25, 0.3) is 0 Å². The number of hydrogen-bond donors (Lipinski definition) is 0. The van der Waals surface area contributed by atoms with E-state index in [0.29, 0.717) is 18.7 Å². The van der Waals surface area contributed by atoms with Crippen LogP contribution < -0.4 is 0 Å². The minimum absolute atomic E-state index is 0.0907. The summed E-state index contributed by atoms with van der Waals surface area (Å²) in [7, 11) is 0. The van der Waals surface area contributed by atoms with Crippen LogP contribution in [0.1, 0.15) is 29.5 Å². The molecule has 0 radical (unpaired) electrons. The van der Waals surface area contributed by atoms with Crippen molar-refractivity contribution in [2.75, 3.05) is 13.3 Å². The van der Waals surface area contributed by atoms with Gasteiger partial charge in [-0.2, -0.15) is 0 Å². The molecule has 1 heterocycles. The number of aromatic nitrogens is 3. The molecular weight excluding hydrogens is 237 g/mol. The van der Waals surface area contributed by atoms with Gasteiger partial charge in [-0.1, -0.05) is 5.21 Å². The van der Waals surface area contributed by atoms with Gasteiger partial charge in [0.15, 0.2) is 5.69 Å². The molecule has 0 N–H and O–H groups in total. The van der Waals surface area contributed by atoms with Gasteiger partial charge in [0, 0.05) is 6.54 Å². The van der Waals surface area contributed by atoms with E-state index in [-0.39, 0.29) is 18.2 Å². The molecule has 0 aromatic carbocycles. The van der Waals surface area contributed by atoms with Crippen molar-refractivity contribution in [2.45, 2.75) is 25.8 Å². The molecule has 0 amide bonds. The summed E-state index contributed by atoms with van der Waals surface area (Å²) in [5.74, 6) is -0.461. The monoisotopic (exact) mass is 249 g/mol. The maximum absolute atomic E-state index is 12.0. The third-order valence-corrected chi connectivity index (χ3v) is 2.19.